The SMILES string of the molecule is CN(C)CC(NC(=O)OCC1c2ccccc2-c2ccccc21)C(=O)N1CC(CCC(=O)O)C1. The lowest BCUT2D eigenvalue weighted by atomic mass is 9.94. The van der Waals surface area contributed by atoms with Crippen molar-refractivity contribution in [2.24, 2.45) is 5.92 Å². The monoisotopic (exact) mass is 465 g/mol. The fraction of sp³-hybridized carbons (Fsp3) is 0.423. The lowest BCUT2D eigenvalue weighted by Crippen LogP contribution is -2.59. The van der Waals surface area contributed by atoms with Gasteiger partial charge in [0.2, 0.25) is 5.91 Å². The zero-order chi connectivity index (χ0) is 24.2. The number of benzene rings is 2. The lowest BCUT2D eigenvalue weighted by Gasteiger charge is -2.41. The minimum Gasteiger partial charge on any atom is -0.481 e. The molecule has 1 saturated heterocycles. The molecule has 8 nitrogen and oxygen atoms in total. The molecule has 2 aromatic rings. The molecule has 1 atom stereocenters. The van der Waals surface area contributed by atoms with Crippen molar-refractivity contribution in [3.05, 3.63) is 59.7 Å². The van der Waals surface area contributed by atoms with E-state index in [4.69, 9.17) is 9.84 Å². The summed E-state index contributed by atoms with van der Waals surface area (Å²) < 4.78 is 5.61. The number of amides is 2. The Hall–Kier alpha value is -3.39. The van der Waals surface area contributed by atoms with E-state index in [1.807, 2.05) is 43.3 Å². The van der Waals surface area contributed by atoms with Crippen LogP contribution in [0, 0.1) is 5.92 Å². The Labute approximate surface area is 199 Å². The molecule has 1 fully saturated rings. The van der Waals surface area contributed by atoms with Crippen LogP contribution >= 0.6 is 0 Å². The first-order valence-electron chi connectivity index (χ1n) is 11.6. The number of rotatable bonds is 9. The van der Waals surface area contributed by atoms with Crippen molar-refractivity contribution in [3.8, 4) is 11.1 Å². The average Bonchev–Trinajstić information content (AvgIpc) is 3.09. The van der Waals surface area contributed by atoms with E-state index < -0.39 is 18.1 Å². The van der Waals surface area contributed by atoms with Crippen molar-refractivity contribution < 1.29 is 24.2 Å². The van der Waals surface area contributed by atoms with Crippen LogP contribution in [0.3, 0.4) is 0 Å². The van der Waals surface area contributed by atoms with Crippen LogP contribution in [-0.2, 0) is 14.3 Å². The van der Waals surface area contributed by atoms with Gasteiger partial charge in [-0.3, -0.25) is 9.59 Å². The van der Waals surface area contributed by atoms with Gasteiger partial charge in [0.15, 0.2) is 0 Å². The van der Waals surface area contributed by atoms with E-state index in [-0.39, 0.29) is 30.8 Å². The van der Waals surface area contributed by atoms with Crippen LogP contribution in [0.5, 0.6) is 0 Å². The van der Waals surface area contributed by atoms with Gasteiger partial charge >= 0.3 is 12.1 Å². The lowest BCUT2D eigenvalue weighted by molar-refractivity contribution is -0.141. The standard InChI is InChI=1S/C26H31N3O5/c1-28(2)15-23(25(32)29-13-17(14-29)11-12-24(30)31)27-26(33)34-16-22-20-9-5-3-7-18(20)19-8-4-6-10-21(19)22/h3-10,17,22-23H,11-16H2,1-2H3,(H,27,33)(H,30,31). The number of alkyl carbamates (subject to hydrolysis) is 1. The molecule has 0 bridgehead atoms. The van der Waals surface area contributed by atoms with E-state index in [1.165, 1.54) is 0 Å². The number of aliphatic carboxylic acids is 1. The average molecular weight is 466 g/mol. The number of carbonyl (C=O) groups is 3. The molecular formula is C26H31N3O5. The van der Waals surface area contributed by atoms with Gasteiger partial charge in [0.25, 0.3) is 0 Å². The molecule has 1 unspecified atom stereocenters. The van der Waals surface area contributed by atoms with Crippen LogP contribution in [0.25, 0.3) is 11.1 Å². The third-order valence-electron chi connectivity index (χ3n) is 6.52. The number of likely N-dealkylation sites (tertiary alicyclic amines) is 1. The van der Waals surface area contributed by atoms with E-state index in [9.17, 15) is 14.4 Å². The Morgan fingerprint density at radius 2 is 1.65 bits per heavy atom. The molecule has 0 radical (unpaired) electrons. The largest absolute Gasteiger partial charge is 0.481 e. The normalized spacial score (nSPS) is 15.9. The number of carboxylic acids is 1. The maximum atomic E-state index is 13.0. The first-order chi connectivity index (χ1) is 16.3. The Morgan fingerprint density at radius 3 is 2.21 bits per heavy atom. The van der Waals surface area contributed by atoms with Crippen LogP contribution in [0.2, 0.25) is 0 Å². The Kier molecular flexibility index (Phi) is 7.17. The Morgan fingerprint density at radius 1 is 1.06 bits per heavy atom. The molecule has 1 aliphatic heterocycles. The van der Waals surface area contributed by atoms with Gasteiger partial charge in [-0.1, -0.05) is 48.5 Å². The second-order valence-electron chi connectivity index (χ2n) is 9.33. The van der Waals surface area contributed by atoms with Crippen molar-refractivity contribution in [1.29, 1.82) is 0 Å². The number of carboxylic acid groups (broad SMARTS) is 1. The van der Waals surface area contributed by atoms with Gasteiger partial charge in [-0.05, 0) is 48.7 Å². The summed E-state index contributed by atoms with van der Waals surface area (Å²) in [5.41, 5.74) is 4.57. The second-order valence-corrected chi connectivity index (χ2v) is 9.33. The van der Waals surface area contributed by atoms with Gasteiger partial charge < -0.3 is 25.0 Å². The zero-order valence-corrected chi connectivity index (χ0v) is 19.6. The highest BCUT2D eigenvalue weighted by molar-refractivity contribution is 5.86. The Bertz CT molecular complexity index is 1020. The number of nitrogens with zero attached hydrogens (tertiary/aromatic N) is 2. The van der Waals surface area contributed by atoms with E-state index >= 15 is 0 Å². The minimum absolute atomic E-state index is 0.0495. The number of hydrogen-bond acceptors (Lipinski definition) is 5. The van der Waals surface area contributed by atoms with E-state index in [1.54, 1.807) is 4.90 Å². The summed E-state index contributed by atoms with van der Waals surface area (Å²) in [5.74, 6) is -0.859. The molecular weight excluding hydrogens is 434 g/mol. The van der Waals surface area contributed by atoms with Crippen LogP contribution in [0.4, 0.5) is 4.79 Å². The summed E-state index contributed by atoms with van der Waals surface area (Å²) in [6.45, 7) is 1.56. The molecule has 180 valence electrons. The second kappa shape index (κ2) is 10.3. The van der Waals surface area contributed by atoms with Crippen molar-refractivity contribution in [3.63, 3.8) is 0 Å². The summed E-state index contributed by atoms with van der Waals surface area (Å²) >= 11 is 0. The summed E-state index contributed by atoms with van der Waals surface area (Å²) in [7, 11) is 3.68. The fourth-order valence-corrected chi connectivity index (χ4v) is 4.81. The number of nitrogens with one attached hydrogen (secondary N) is 1. The highest BCUT2D eigenvalue weighted by Crippen LogP contribution is 2.44. The van der Waals surface area contributed by atoms with E-state index in [0.29, 0.717) is 26.1 Å². The third-order valence-corrected chi connectivity index (χ3v) is 6.52. The summed E-state index contributed by atoms with van der Waals surface area (Å²) in [6, 6.07) is 15.5. The molecule has 2 aromatic carbocycles. The molecule has 34 heavy (non-hydrogen) atoms. The number of hydrogen-bond donors (Lipinski definition) is 2. The number of carbonyl (C=O) groups excluding carboxylic acids is 2. The maximum Gasteiger partial charge on any atom is 0.407 e. The molecule has 0 spiro atoms. The van der Waals surface area contributed by atoms with Crippen LogP contribution in [0.15, 0.2) is 48.5 Å². The Balaban J connectivity index is 1.35. The molecule has 2 amide bonds. The van der Waals surface area contributed by atoms with Gasteiger partial charge in [0, 0.05) is 32.0 Å². The van der Waals surface area contributed by atoms with Crippen molar-refractivity contribution in [1.82, 2.24) is 15.1 Å². The fourth-order valence-electron chi connectivity index (χ4n) is 4.81. The summed E-state index contributed by atoms with van der Waals surface area (Å²) in [5, 5.41) is 11.6. The molecule has 1 aliphatic carbocycles. The first kappa shape index (κ1) is 23.8. The van der Waals surface area contributed by atoms with Gasteiger partial charge in [0.1, 0.15) is 12.6 Å². The van der Waals surface area contributed by atoms with Crippen LogP contribution < -0.4 is 5.32 Å². The maximum absolute atomic E-state index is 13.0. The van der Waals surface area contributed by atoms with Crippen molar-refractivity contribution >= 4 is 18.0 Å². The van der Waals surface area contributed by atoms with Crippen molar-refractivity contribution in [2.45, 2.75) is 24.8 Å². The van der Waals surface area contributed by atoms with Crippen LogP contribution in [-0.4, -0.2) is 79.3 Å². The van der Waals surface area contributed by atoms with Gasteiger partial charge in [-0.2, -0.15) is 0 Å². The van der Waals surface area contributed by atoms with Gasteiger partial charge in [-0.25, -0.2) is 4.79 Å². The van der Waals surface area contributed by atoms with Gasteiger partial charge in [-0.15, -0.1) is 0 Å². The highest BCUT2D eigenvalue weighted by Gasteiger charge is 2.36. The highest BCUT2D eigenvalue weighted by atomic mass is 16.5. The predicted octanol–water partition coefficient (Wildman–Crippen LogP) is 2.78. The van der Waals surface area contributed by atoms with E-state index in [2.05, 4.69) is 29.6 Å². The third kappa shape index (κ3) is 5.22. The molecule has 1 heterocycles. The zero-order valence-electron chi connectivity index (χ0n) is 19.6. The predicted molar refractivity (Wildman–Crippen MR) is 127 cm³/mol. The first-order valence-corrected chi connectivity index (χ1v) is 11.6. The van der Waals surface area contributed by atoms with Gasteiger partial charge in [0.05, 0.1) is 0 Å². The molecule has 2 N–H and O–H groups in total. The number of fused-ring (bicyclic) bond motifs is 3. The molecule has 8 heteroatoms. The molecule has 0 saturated carbocycles. The minimum atomic E-state index is -0.827. The van der Waals surface area contributed by atoms with E-state index in [0.717, 1.165) is 22.3 Å². The number of likely N-dealkylation sites (N-methyl/N-ethyl adjacent to an activating group) is 1. The summed E-state index contributed by atoms with van der Waals surface area (Å²) in [6.07, 6.45) is 0.0355. The molecule has 4 rings (SSSR count). The summed E-state index contributed by atoms with van der Waals surface area (Å²) in [4.78, 5) is 40.0. The smallest absolute Gasteiger partial charge is 0.407 e. The number of ether oxygens (including phenoxy) is 1. The molecule has 0 aromatic heterocycles. The van der Waals surface area contributed by atoms with Crippen molar-refractivity contribution in [2.75, 3.05) is 40.3 Å². The van der Waals surface area contributed by atoms with Crippen LogP contribution in [0.1, 0.15) is 29.9 Å². The topological polar surface area (TPSA) is 99.2 Å². The quantitative estimate of drug-likeness (QED) is 0.591. The molecule has 2 aliphatic rings.